The summed E-state index contributed by atoms with van der Waals surface area (Å²) >= 11 is 0. The summed E-state index contributed by atoms with van der Waals surface area (Å²) in [6.45, 7) is 1.58. The molecule has 0 aliphatic carbocycles. The number of carboxylic acids is 1. The lowest BCUT2D eigenvalue weighted by Crippen LogP contribution is -2.14. The number of aromatic nitrogens is 2. The number of nitrogens with two attached hydrogens (primary N) is 1. The van der Waals surface area contributed by atoms with Crippen molar-refractivity contribution in [2.45, 2.75) is 13.5 Å². The third-order valence-corrected chi connectivity index (χ3v) is 3.73. The molecule has 25 heavy (non-hydrogen) atoms. The van der Waals surface area contributed by atoms with Crippen LogP contribution in [-0.4, -0.2) is 21.0 Å². The summed E-state index contributed by atoms with van der Waals surface area (Å²) in [4.78, 5) is 19.3. The van der Waals surface area contributed by atoms with Crippen LogP contribution < -0.4 is 10.5 Å². The van der Waals surface area contributed by atoms with Gasteiger partial charge in [0.1, 0.15) is 17.9 Å². The van der Waals surface area contributed by atoms with Crippen LogP contribution >= 0.6 is 0 Å². The fourth-order valence-corrected chi connectivity index (χ4v) is 2.56. The molecular weight excluding hydrogens is 318 g/mol. The Balaban J connectivity index is 1.77. The highest BCUT2D eigenvalue weighted by Gasteiger charge is 2.17. The molecular formula is C19H17N3O3. The standard InChI is InChI=1S/C19H17N3O3/c1-12-17(18(23)24)16(22-19(20)21-12)11-25-15-9-7-14(8-10-15)13-5-3-2-4-6-13/h2-10H,11H2,1H3,(H,23,24)(H2,20,21,22). The maximum Gasteiger partial charge on any atom is 0.339 e. The van der Waals surface area contributed by atoms with E-state index in [9.17, 15) is 9.90 Å². The van der Waals surface area contributed by atoms with E-state index in [4.69, 9.17) is 10.5 Å². The summed E-state index contributed by atoms with van der Waals surface area (Å²) < 4.78 is 5.67. The highest BCUT2D eigenvalue weighted by Crippen LogP contribution is 2.23. The Bertz CT molecular complexity index is 894. The molecule has 0 saturated heterocycles. The van der Waals surface area contributed by atoms with Crippen molar-refractivity contribution < 1.29 is 14.6 Å². The molecule has 1 aromatic heterocycles. The number of rotatable bonds is 5. The summed E-state index contributed by atoms with van der Waals surface area (Å²) in [6.07, 6.45) is 0. The van der Waals surface area contributed by atoms with Gasteiger partial charge >= 0.3 is 5.97 Å². The highest BCUT2D eigenvalue weighted by atomic mass is 16.5. The quantitative estimate of drug-likeness (QED) is 0.742. The zero-order valence-electron chi connectivity index (χ0n) is 13.6. The summed E-state index contributed by atoms with van der Waals surface area (Å²) in [5.74, 6) is -0.457. The van der Waals surface area contributed by atoms with Gasteiger partial charge < -0.3 is 15.6 Å². The number of carboxylic acid groups (broad SMARTS) is 1. The molecule has 0 radical (unpaired) electrons. The van der Waals surface area contributed by atoms with Crippen LogP contribution in [-0.2, 0) is 6.61 Å². The van der Waals surface area contributed by atoms with E-state index in [2.05, 4.69) is 9.97 Å². The summed E-state index contributed by atoms with van der Waals surface area (Å²) in [5.41, 5.74) is 8.39. The Labute approximate surface area is 144 Å². The van der Waals surface area contributed by atoms with Crippen LogP contribution in [0, 0.1) is 6.92 Å². The first-order chi connectivity index (χ1) is 12.0. The summed E-state index contributed by atoms with van der Waals surface area (Å²) in [6, 6.07) is 17.6. The Morgan fingerprint density at radius 1 is 1.04 bits per heavy atom. The molecule has 0 aliphatic rings. The molecule has 0 bridgehead atoms. The molecule has 3 N–H and O–H groups in total. The molecule has 0 saturated carbocycles. The molecule has 126 valence electrons. The van der Waals surface area contributed by atoms with Gasteiger partial charge in [-0.2, -0.15) is 0 Å². The van der Waals surface area contributed by atoms with Gasteiger partial charge in [-0.05, 0) is 30.2 Å². The van der Waals surface area contributed by atoms with Crippen molar-refractivity contribution in [3.63, 3.8) is 0 Å². The number of hydrogen-bond donors (Lipinski definition) is 2. The van der Waals surface area contributed by atoms with Crippen LogP contribution in [0.15, 0.2) is 54.6 Å². The molecule has 3 aromatic rings. The fourth-order valence-electron chi connectivity index (χ4n) is 2.56. The lowest BCUT2D eigenvalue weighted by atomic mass is 10.1. The molecule has 2 aromatic carbocycles. The van der Waals surface area contributed by atoms with Gasteiger partial charge in [0.05, 0.1) is 11.4 Å². The Kier molecular flexibility index (Phi) is 4.61. The van der Waals surface area contributed by atoms with Crippen LogP contribution in [0.3, 0.4) is 0 Å². The number of carbonyl (C=O) groups is 1. The van der Waals surface area contributed by atoms with Crippen molar-refractivity contribution in [3.8, 4) is 16.9 Å². The number of nitrogen functional groups attached to an aromatic ring is 1. The van der Waals surface area contributed by atoms with E-state index >= 15 is 0 Å². The number of anilines is 1. The first-order valence-electron chi connectivity index (χ1n) is 7.69. The first-order valence-corrected chi connectivity index (χ1v) is 7.69. The molecule has 0 amide bonds. The van der Waals surface area contributed by atoms with Crippen LogP contribution in [0.2, 0.25) is 0 Å². The molecule has 0 atom stereocenters. The van der Waals surface area contributed by atoms with Crippen LogP contribution in [0.1, 0.15) is 21.7 Å². The van der Waals surface area contributed by atoms with E-state index in [1.54, 1.807) is 6.92 Å². The van der Waals surface area contributed by atoms with Crippen molar-refractivity contribution >= 4 is 11.9 Å². The van der Waals surface area contributed by atoms with E-state index in [0.717, 1.165) is 11.1 Å². The maximum atomic E-state index is 11.4. The van der Waals surface area contributed by atoms with Crippen molar-refractivity contribution in [2.75, 3.05) is 5.73 Å². The van der Waals surface area contributed by atoms with Gasteiger partial charge in [0.25, 0.3) is 0 Å². The Morgan fingerprint density at radius 3 is 2.32 bits per heavy atom. The number of hydrogen-bond acceptors (Lipinski definition) is 5. The third-order valence-electron chi connectivity index (χ3n) is 3.73. The average molecular weight is 335 g/mol. The molecule has 6 nitrogen and oxygen atoms in total. The van der Waals surface area contributed by atoms with Gasteiger partial charge in [-0.15, -0.1) is 0 Å². The van der Waals surface area contributed by atoms with E-state index in [1.165, 1.54) is 0 Å². The predicted octanol–water partition coefficient (Wildman–Crippen LogP) is 3.31. The Morgan fingerprint density at radius 2 is 1.68 bits per heavy atom. The van der Waals surface area contributed by atoms with Gasteiger partial charge in [0, 0.05) is 0 Å². The second kappa shape index (κ2) is 7.00. The second-order valence-corrected chi connectivity index (χ2v) is 5.47. The van der Waals surface area contributed by atoms with Gasteiger partial charge in [0.15, 0.2) is 0 Å². The maximum absolute atomic E-state index is 11.4. The van der Waals surface area contributed by atoms with Gasteiger partial charge in [-0.25, -0.2) is 14.8 Å². The summed E-state index contributed by atoms with van der Waals surface area (Å²) in [5, 5.41) is 9.32. The molecule has 3 rings (SSSR count). The minimum atomic E-state index is -1.10. The fraction of sp³-hybridized carbons (Fsp3) is 0.105. The molecule has 0 fully saturated rings. The van der Waals surface area contributed by atoms with Crippen LogP contribution in [0.5, 0.6) is 5.75 Å². The third kappa shape index (κ3) is 3.74. The van der Waals surface area contributed by atoms with Crippen LogP contribution in [0.4, 0.5) is 5.95 Å². The van der Waals surface area contributed by atoms with Crippen molar-refractivity contribution in [1.82, 2.24) is 9.97 Å². The molecule has 0 aliphatic heterocycles. The van der Waals surface area contributed by atoms with Gasteiger partial charge in [-0.3, -0.25) is 0 Å². The zero-order valence-corrected chi connectivity index (χ0v) is 13.6. The van der Waals surface area contributed by atoms with Crippen molar-refractivity contribution in [3.05, 3.63) is 71.5 Å². The predicted molar refractivity (Wildman–Crippen MR) is 94.4 cm³/mol. The number of aryl methyl sites for hydroxylation is 1. The minimum absolute atomic E-state index is 0.000122. The molecule has 1 heterocycles. The minimum Gasteiger partial charge on any atom is -0.487 e. The SMILES string of the molecule is Cc1nc(N)nc(COc2ccc(-c3ccccc3)cc2)c1C(=O)O. The highest BCUT2D eigenvalue weighted by molar-refractivity contribution is 5.90. The molecule has 6 heteroatoms. The topological polar surface area (TPSA) is 98.3 Å². The number of ether oxygens (including phenoxy) is 1. The van der Waals surface area contributed by atoms with E-state index in [1.807, 2.05) is 54.6 Å². The van der Waals surface area contributed by atoms with Gasteiger partial charge in [0.2, 0.25) is 5.95 Å². The van der Waals surface area contributed by atoms with E-state index < -0.39 is 5.97 Å². The average Bonchev–Trinajstić information content (AvgIpc) is 2.60. The van der Waals surface area contributed by atoms with Crippen LogP contribution in [0.25, 0.3) is 11.1 Å². The lowest BCUT2D eigenvalue weighted by molar-refractivity contribution is 0.0691. The normalized spacial score (nSPS) is 10.4. The lowest BCUT2D eigenvalue weighted by Gasteiger charge is -2.11. The zero-order chi connectivity index (χ0) is 17.8. The second-order valence-electron chi connectivity index (χ2n) is 5.47. The summed E-state index contributed by atoms with van der Waals surface area (Å²) in [7, 11) is 0. The number of benzene rings is 2. The smallest absolute Gasteiger partial charge is 0.339 e. The van der Waals surface area contributed by atoms with Crippen molar-refractivity contribution in [1.29, 1.82) is 0 Å². The monoisotopic (exact) mass is 335 g/mol. The first kappa shape index (κ1) is 16.4. The Hall–Kier alpha value is -3.41. The van der Waals surface area contributed by atoms with E-state index in [-0.39, 0.29) is 23.8 Å². The molecule has 0 spiro atoms. The largest absolute Gasteiger partial charge is 0.487 e. The molecule has 0 unspecified atom stereocenters. The van der Waals surface area contributed by atoms with Crippen molar-refractivity contribution in [2.24, 2.45) is 0 Å². The van der Waals surface area contributed by atoms with Gasteiger partial charge in [-0.1, -0.05) is 42.5 Å². The van der Waals surface area contributed by atoms with E-state index in [0.29, 0.717) is 11.4 Å². The number of aromatic carboxylic acids is 1. The number of nitrogens with zero attached hydrogens (tertiary/aromatic N) is 2.